The summed E-state index contributed by atoms with van der Waals surface area (Å²) in [6.07, 6.45) is 0. The SMILES string of the molecule is CCN(CC)CCn1c(NC(=O)c2ccc(F)c(C)c2)nc2ccccc21. The van der Waals surface area contributed by atoms with Crippen molar-refractivity contribution in [1.82, 2.24) is 14.5 Å². The third kappa shape index (κ3) is 4.17. The Morgan fingerprint density at radius 1 is 1.19 bits per heavy atom. The lowest BCUT2D eigenvalue weighted by Gasteiger charge is -2.19. The van der Waals surface area contributed by atoms with Crippen LogP contribution in [0.4, 0.5) is 10.3 Å². The van der Waals surface area contributed by atoms with Gasteiger partial charge in [-0.05, 0) is 55.9 Å². The summed E-state index contributed by atoms with van der Waals surface area (Å²) in [6.45, 7) is 9.45. The molecule has 0 radical (unpaired) electrons. The minimum absolute atomic E-state index is 0.294. The van der Waals surface area contributed by atoms with Gasteiger partial charge in [0.1, 0.15) is 5.82 Å². The normalized spacial score (nSPS) is 11.3. The summed E-state index contributed by atoms with van der Waals surface area (Å²) in [5.41, 5.74) is 2.67. The minimum atomic E-state index is -0.321. The Labute approximate surface area is 158 Å². The molecule has 0 aliphatic rings. The molecule has 142 valence electrons. The van der Waals surface area contributed by atoms with Crippen LogP contribution in [0.1, 0.15) is 29.8 Å². The molecular weight excluding hydrogens is 343 g/mol. The number of nitrogens with one attached hydrogen (secondary N) is 1. The summed E-state index contributed by atoms with van der Waals surface area (Å²) < 4.78 is 15.5. The molecule has 27 heavy (non-hydrogen) atoms. The zero-order valence-corrected chi connectivity index (χ0v) is 16.0. The van der Waals surface area contributed by atoms with Gasteiger partial charge in [0.05, 0.1) is 11.0 Å². The van der Waals surface area contributed by atoms with Gasteiger partial charge in [-0.15, -0.1) is 0 Å². The molecule has 5 nitrogen and oxygen atoms in total. The number of amides is 1. The van der Waals surface area contributed by atoms with E-state index in [0.29, 0.717) is 17.1 Å². The van der Waals surface area contributed by atoms with E-state index in [2.05, 4.69) is 29.0 Å². The molecule has 0 atom stereocenters. The molecule has 0 saturated heterocycles. The van der Waals surface area contributed by atoms with E-state index in [1.54, 1.807) is 13.0 Å². The molecule has 3 aromatic rings. The highest BCUT2D eigenvalue weighted by Gasteiger charge is 2.15. The van der Waals surface area contributed by atoms with Crippen LogP contribution in [-0.4, -0.2) is 40.0 Å². The van der Waals surface area contributed by atoms with E-state index in [1.807, 2.05) is 28.8 Å². The maximum Gasteiger partial charge on any atom is 0.257 e. The van der Waals surface area contributed by atoms with Crippen molar-refractivity contribution in [2.75, 3.05) is 25.0 Å². The van der Waals surface area contributed by atoms with E-state index in [4.69, 9.17) is 0 Å². The second-order valence-electron chi connectivity index (χ2n) is 6.52. The van der Waals surface area contributed by atoms with E-state index in [-0.39, 0.29) is 11.7 Å². The van der Waals surface area contributed by atoms with Crippen LogP contribution in [0.3, 0.4) is 0 Å². The van der Waals surface area contributed by atoms with Gasteiger partial charge in [0.2, 0.25) is 5.95 Å². The lowest BCUT2D eigenvalue weighted by atomic mass is 10.1. The molecule has 0 fully saturated rings. The Bertz CT molecular complexity index is 947. The van der Waals surface area contributed by atoms with Crippen LogP contribution in [0.15, 0.2) is 42.5 Å². The van der Waals surface area contributed by atoms with E-state index in [1.165, 1.54) is 12.1 Å². The first-order chi connectivity index (χ1) is 13.0. The number of hydrogen-bond acceptors (Lipinski definition) is 3. The molecule has 3 rings (SSSR count). The molecule has 0 saturated carbocycles. The van der Waals surface area contributed by atoms with Crippen LogP contribution >= 0.6 is 0 Å². The number of carbonyl (C=O) groups is 1. The summed E-state index contributed by atoms with van der Waals surface area (Å²) in [5, 5.41) is 2.89. The Morgan fingerprint density at radius 2 is 1.93 bits per heavy atom. The average molecular weight is 368 g/mol. The molecule has 0 spiro atoms. The van der Waals surface area contributed by atoms with Gasteiger partial charge < -0.3 is 9.47 Å². The molecular formula is C21H25FN4O. The third-order valence-corrected chi connectivity index (χ3v) is 4.83. The van der Waals surface area contributed by atoms with Crippen molar-refractivity contribution in [3.63, 3.8) is 0 Å². The highest BCUT2D eigenvalue weighted by atomic mass is 19.1. The van der Waals surface area contributed by atoms with Gasteiger partial charge >= 0.3 is 0 Å². The smallest absolute Gasteiger partial charge is 0.257 e. The molecule has 2 aromatic carbocycles. The van der Waals surface area contributed by atoms with E-state index < -0.39 is 0 Å². The van der Waals surface area contributed by atoms with Gasteiger partial charge in [0.25, 0.3) is 5.91 Å². The number of hydrogen-bond donors (Lipinski definition) is 1. The number of para-hydroxylation sites is 2. The first-order valence-corrected chi connectivity index (χ1v) is 9.28. The zero-order chi connectivity index (χ0) is 19.4. The fourth-order valence-corrected chi connectivity index (χ4v) is 3.14. The maximum absolute atomic E-state index is 13.5. The first-order valence-electron chi connectivity index (χ1n) is 9.28. The monoisotopic (exact) mass is 368 g/mol. The molecule has 1 N–H and O–H groups in total. The Balaban J connectivity index is 1.89. The number of rotatable bonds is 7. The molecule has 1 amide bonds. The Hall–Kier alpha value is -2.73. The van der Waals surface area contributed by atoms with Crippen molar-refractivity contribution in [1.29, 1.82) is 0 Å². The van der Waals surface area contributed by atoms with Crippen molar-refractivity contribution >= 4 is 22.9 Å². The Morgan fingerprint density at radius 3 is 2.63 bits per heavy atom. The summed E-state index contributed by atoms with van der Waals surface area (Å²) >= 11 is 0. The lowest BCUT2D eigenvalue weighted by molar-refractivity contribution is 0.102. The molecule has 0 aliphatic carbocycles. The van der Waals surface area contributed by atoms with Gasteiger partial charge in [0, 0.05) is 18.7 Å². The number of imidazole rings is 1. The number of aromatic nitrogens is 2. The van der Waals surface area contributed by atoms with E-state index in [0.717, 1.165) is 37.2 Å². The maximum atomic E-state index is 13.5. The number of likely N-dealkylation sites (N-methyl/N-ethyl adjacent to an activating group) is 1. The van der Waals surface area contributed by atoms with E-state index in [9.17, 15) is 9.18 Å². The van der Waals surface area contributed by atoms with E-state index >= 15 is 0 Å². The van der Waals surface area contributed by atoms with Gasteiger partial charge in [-0.1, -0.05) is 26.0 Å². The Kier molecular flexibility index (Phi) is 5.86. The summed E-state index contributed by atoms with van der Waals surface area (Å²) in [6, 6.07) is 12.2. The van der Waals surface area contributed by atoms with Crippen molar-refractivity contribution in [2.45, 2.75) is 27.3 Å². The molecule has 6 heteroatoms. The van der Waals surface area contributed by atoms with Crippen molar-refractivity contribution in [2.24, 2.45) is 0 Å². The molecule has 1 aromatic heterocycles. The fourth-order valence-electron chi connectivity index (χ4n) is 3.14. The summed E-state index contributed by atoms with van der Waals surface area (Å²) in [4.78, 5) is 19.6. The predicted octanol–water partition coefficient (Wildman–Crippen LogP) is 4.08. The van der Waals surface area contributed by atoms with Gasteiger partial charge in [-0.2, -0.15) is 0 Å². The third-order valence-electron chi connectivity index (χ3n) is 4.83. The summed E-state index contributed by atoms with van der Waals surface area (Å²) in [7, 11) is 0. The first kappa shape index (κ1) is 19.0. The summed E-state index contributed by atoms with van der Waals surface area (Å²) in [5.74, 6) is -0.106. The molecule has 1 heterocycles. The van der Waals surface area contributed by atoms with Gasteiger partial charge in [-0.25, -0.2) is 9.37 Å². The number of aryl methyl sites for hydroxylation is 1. The van der Waals surface area contributed by atoms with Crippen LogP contribution in [0.5, 0.6) is 0 Å². The van der Waals surface area contributed by atoms with Crippen LogP contribution in [0.2, 0.25) is 0 Å². The highest BCUT2D eigenvalue weighted by molar-refractivity contribution is 6.04. The standard InChI is InChI=1S/C21H25FN4O/c1-4-25(5-2)12-13-26-19-9-7-6-8-18(19)23-21(26)24-20(27)16-10-11-17(22)15(3)14-16/h6-11,14H,4-5,12-13H2,1-3H3,(H,23,24,27). The number of fused-ring (bicyclic) bond motifs is 1. The minimum Gasteiger partial charge on any atom is -0.309 e. The molecule has 0 aliphatic heterocycles. The number of nitrogens with zero attached hydrogens (tertiary/aromatic N) is 3. The van der Waals surface area contributed by atoms with Gasteiger partial charge in [-0.3, -0.25) is 10.1 Å². The number of anilines is 1. The highest BCUT2D eigenvalue weighted by Crippen LogP contribution is 2.20. The second kappa shape index (κ2) is 8.31. The van der Waals surface area contributed by atoms with Crippen LogP contribution in [-0.2, 0) is 6.54 Å². The molecule has 0 bridgehead atoms. The predicted molar refractivity (Wildman–Crippen MR) is 107 cm³/mol. The van der Waals surface area contributed by atoms with Crippen molar-refractivity contribution in [3.05, 3.63) is 59.4 Å². The molecule has 0 unspecified atom stereocenters. The quantitative estimate of drug-likeness (QED) is 0.684. The average Bonchev–Trinajstić information content (AvgIpc) is 3.02. The fraction of sp³-hybridized carbons (Fsp3) is 0.333. The second-order valence-corrected chi connectivity index (χ2v) is 6.52. The van der Waals surface area contributed by atoms with Crippen LogP contribution in [0, 0.1) is 12.7 Å². The number of halogens is 1. The van der Waals surface area contributed by atoms with Crippen molar-refractivity contribution < 1.29 is 9.18 Å². The van der Waals surface area contributed by atoms with Crippen LogP contribution in [0.25, 0.3) is 11.0 Å². The van der Waals surface area contributed by atoms with Gasteiger partial charge in [0.15, 0.2) is 0 Å². The largest absolute Gasteiger partial charge is 0.309 e. The van der Waals surface area contributed by atoms with Crippen molar-refractivity contribution in [3.8, 4) is 0 Å². The lowest BCUT2D eigenvalue weighted by Crippen LogP contribution is -2.27. The zero-order valence-electron chi connectivity index (χ0n) is 16.0. The number of benzene rings is 2. The number of carbonyl (C=O) groups excluding carboxylic acids is 1. The topological polar surface area (TPSA) is 50.2 Å². The van der Waals surface area contributed by atoms with Crippen LogP contribution < -0.4 is 5.32 Å².